The maximum absolute atomic E-state index is 13.0. The fourth-order valence-corrected chi connectivity index (χ4v) is 5.77. The number of rotatable bonds is 11. The normalized spacial score (nSPS) is 12.3. The maximum atomic E-state index is 13.0. The molecule has 2 aromatic carbocycles. The van der Waals surface area contributed by atoms with Crippen LogP contribution in [-0.4, -0.2) is 37.8 Å². The lowest BCUT2D eigenvalue weighted by atomic mass is 10.0. The quantitative estimate of drug-likeness (QED) is 0.240. The van der Waals surface area contributed by atoms with E-state index in [2.05, 4.69) is 58.9 Å². The Labute approximate surface area is 202 Å². The molecule has 0 atom stereocenters. The first-order valence-electron chi connectivity index (χ1n) is 11.5. The number of hydrogen-bond donors (Lipinski definition) is 0. The zero-order valence-corrected chi connectivity index (χ0v) is 24.9. The van der Waals surface area contributed by atoms with Crippen LogP contribution in [0.25, 0.3) is 0 Å². The number of ether oxygens (including phenoxy) is 1. The Morgan fingerprint density at radius 3 is 1.55 bits per heavy atom. The fourth-order valence-electron chi connectivity index (χ4n) is 3.25. The number of benzene rings is 2. The second-order valence-corrected chi connectivity index (χ2v) is 24.5. The molecule has 0 radical (unpaired) electrons. The molecule has 33 heavy (non-hydrogen) atoms. The summed E-state index contributed by atoms with van der Waals surface area (Å²) in [6.07, 6.45) is 0.903. The van der Waals surface area contributed by atoms with E-state index in [1.807, 2.05) is 36.4 Å². The van der Waals surface area contributed by atoms with Crippen molar-refractivity contribution < 1.29 is 22.8 Å². The summed E-state index contributed by atoms with van der Waals surface area (Å²) >= 11 is 0. The minimum absolute atomic E-state index is 0.0864. The van der Waals surface area contributed by atoms with E-state index in [4.69, 9.17) is 18.0 Å². The van der Waals surface area contributed by atoms with Gasteiger partial charge < -0.3 is 18.0 Å². The average Bonchev–Trinajstić information content (AvgIpc) is 2.63. The van der Waals surface area contributed by atoms with Gasteiger partial charge in [-0.3, -0.25) is 4.79 Å². The molecule has 0 aliphatic heterocycles. The Balaban J connectivity index is 2.31. The van der Waals surface area contributed by atoms with Gasteiger partial charge in [0.15, 0.2) is 5.78 Å². The third kappa shape index (κ3) is 9.38. The van der Waals surface area contributed by atoms with Gasteiger partial charge in [0, 0.05) is 29.7 Å². The first-order valence-corrected chi connectivity index (χ1v) is 21.7. The monoisotopic (exact) mass is 504 g/mol. The van der Waals surface area contributed by atoms with Gasteiger partial charge in [-0.05, 0) is 89.6 Å². The molecule has 2 aromatic rings. The van der Waals surface area contributed by atoms with Gasteiger partial charge in [-0.25, -0.2) is 0 Å². The predicted octanol–water partition coefficient (Wildman–Crippen LogP) is 7.15. The number of methoxy groups -OCH3 is 1. The zero-order chi connectivity index (χ0) is 25.0. The van der Waals surface area contributed by atoms with E-state index in [1.165, 1.54) is 0 Å². The summed E-state index contributed by atoms with van der Waals surface area (Å²) in [6, 6.07) is 11.3. The maximum Gasteiger partial charge on any atom is 0.242 e. The molecular weight excluding hydrogens is 465 g/mol. The molecule has 0 aliphatic rings. The Bertz CT molecular complexity index is 915. The van der Waals surface area contributed by atoms with E-state index < -0.39 is 25.0 Å². The van der Waals surface area contributed by atoms with Crippen molar-refractivity contribution in [2.75, 3.05) is 7.11 Å². The highest BCUT2D eigenvalue weighted by Crippen LogP contribution is 2.38. The highest BCUT2D eigenvalue weighted by Gasteiger charge is 2.25. The molecule has 0 saturated carbocycles. The molecule has 2 rings (SSSR count). The molecule has 0 saturated heterocycles. The third-order valence-corrected chi connectivity index (χ3v) is 6.92. The van der Waals surface area contributed by atoms with Gasteiger partial charge in [0.25, 0.3) is 0 Å². The Hall–Kier alpha value is -2.04. The molecule has 0 fully saturated rings. The van der Waals surface area contributed by atoms with Crippen molar-refractivity contribution in [3.05, 3.63) is 47.5 Å². The van der Waals surface area contributed by atoms with Gasteiger partial charge >= 0.3 is 0 Å². The van der Waals surface area contributed by atoms with Crippen LogP contribution in [0.2, 0.25) is 58.9 Å². The topological polar surface area (TPSA) is 54.0 Å². The van der Waals surface area contributed by atoms with Gasteiger partial charge in [0.2, 0.25) is 25.0 Å². The van der Waals surface area contributed by atoms with Gasteiger partial charge in [-0.15, -0.1) is 0 Å². The number of ketones is 1. The fraction of sp³-hybridized carbons (Fsp3) is 0.480. The first kappa shape index (κ1) is 27.2. The summed E-state index contributed by atoms with van der Waals surface area (Å²) in [4.78, 5) is 13.0. The van der Waals surface area contributed by atoms with E-state index in [1.54, 1.807) is 7.11 Å². The second kappa shape index (κ2) is 10.5. The molecule has 0 heterocycles. The molecule has 0 aromatic heterocycles. The molecule has 8 heteroatoms. The summed E-state index contributed by atoms with van der Waals surface area (Å²) in [5.41, 5.74) is 1.62. The summed E-state index contributed by atoms with van der Waals surface area (Å²) in [5.74, 6) is 3.12. The largest absolute Gasteiger partial charge is 0.544 e. The second-order valence-electron chi connectivity index (χ2n) is 11.2. The summed E-state index contributed by atoms with van der Waals surface area (Å²) in [7, 11) is -3.81. The minimum atomic E-state index is -1.89. The van der Waals surface area contributed by atoms with Crippen molar-refractivity contribution in [2.45, 2.75) is 71.8 Å². The SMILES string of the molecule is COc1cc(O[Si](C)(C)C)c(CCC(=O)c2ccc(O[Si](C)(C)C)cc2)c(O[Si](C)(C)C)c1. The molecule has 0 bridgehead atoms. The molecule has 182 valence electrons. The van der Waals surface area contributed by atoms with Crippen LogP contribution in [0.4, 0.5) is 0 Å². The third-order valence-electron chi connectivity index (χ3n) is 4.41. The molecular formula is C25H40O5Si3. The van der Waals surface area contributed by atoms with E-state index in [0.29, 0.717) is 24.2 Å². The lowest BCUT2D eigenvalue weighted by Gasteiger charge is -2.27. The smallest absolute Gasteiger partial charge is 0.242 e. The van der Waals surface area contributed by atoms with Crippen LogP contribution in [0.1, 0.15) is 22.3 Å². The number of hydrogen-bond acceptors (Lipinski definition) is 5. The summed E-state index contributed by atoms with van der Waals surface area (Å²) < 4.78 is 24.3. The van der Waals surface area contributed by atoms with Crippen molar-refractivity contribution in [3.8, 4) is 23.0 Å². The van der Waals surface area contributed by atoms with Crippen LogP contribution in [-0.2, 0) is 6.42 Å². The van der Waals surface area contributed by atoms with E-state index >= 15 is 0 Å². The van der Waals surface area contributed by atoms with Crippen LogP contribution < -0.4 is 18.0 Å². The molecule has 0 N–H and O–H groups in total. The Kier molecular flexibility index (Phi) is 8.64. The van der Waals surface area contributed by atoms with E-state index in [0.717, 1.165) is 22.8 Å². The standard InChI is InChI=1S/C25H40O5Si3/c1-27-21-17-24(29-32(5,6)7)22(25(18-21)30-33(8,9)10)15-16-23(26)19-11-13-20(14-12-19)28-31(2,3)4/h11-14,17-18H,15-16H2,1-10H3. The highest BCUT2D eigenvalue weighted by atomic mass is 28.4. The lowest BCUT2D eigenvalue weighted by Crippen LogP contribution is -2.31. The summed E-state index contributed by atoms with van der Waals surface area (Å²) in [5, 5.41) is 0. The zero-order valence-electron chi connectivity index (χ0n) is 21.9. The molecule has 0 unspecified atom stereocenters. The number of carbonyl (C=O) groups excluding carboxylic acids is 1. The lowest BCUT2D eigenvalue weighted by molar-refractivity contribution is 0.0982. The minimum Gasteiger partial charge on any atom is -0.544 e. The van der Waals surface area contributed by atoms with Crippen LogP contribution in [0.15, 0.2) is 36.4 Å². The van der Waals surface area contributed by atoms with E-state index in [9.17, 15) is 4.79 Å². The van der Waals surface area contributed by atoms with Crippen molar-refractivity contribution in [1.82, 2.24) is 0 Å². The van der Waals surface area contributed by atoms with Gasteiger partial charge in [-0.2, -0.15) is 0 Å². The van der Waals surface area contributed by atoms with Crippen molar-refractivity contribution in [3.63, 3.8) is 0 Å². The molecule has 5 nitrogen and oxygen atoms in total. The predicted molar refractivity (Wildman–Crippen MR) is 144 cm³/mol. The summed E-state index contributed by atoms with van der Waals surface area (Å²) in [6.45, 7) is 19.3. The molecule has 0 spiro atoms. The van der Waals surface area contributed by atoms with Gasteiger partial charge in [0.05, 0.1) is 7.11 Å². The highest BCUT2D eigenvalue weighted by molar-refractivity contribution is 6.71. The molecule has 0 amide bonds. The van der Waals surface area contributed by atoms with Crippen molar-refractivity contribution in [2.24, 2.45) is 0 Å². The van der Waals surface area contributed by atoms with E-state index in [-0.39, 0.29) is 5.78 Å². The molecule has 0 aliphatic carbocycles. The van der Waals surface area contributed by atoms with Crippen LogP contribution in [0, 0.1) is 0 Å². The van der Waals surface area contributed by atoms with Crippen LogP contribution >= 0.6 is 0 Å². The number of Topliss-reactive ketones (excluding diaryl/α,β-unsaturated/α-hetero) is 1. The Morgan fingerprint density at radius 1 is 0.697 bits per heavy atom. The van der Waals surface area contributed by atoms with Crippen LogP contribution in [0.3, 0.4) is 0 Å². The van der Waals surface area contributed by atoms with Gasteiger partial charge in [-0.1, -0.05) is 0 Å². The Morgan fingerprint density at radius 2 is 1.15 bits per heavy atom. The van der Waals surface area contributed by atoms with Crippen molar-refractivity contribution >= 4 is 30.7 Å². The average molecular weight is 505 g/mol. The van der Waals surface area contributed by atoms with Crippen LogP contribution in [0.5, 0.6) is 23.0 Å². The number of carbonyl (C=O) groups is 1. The first-order chi connectivity index (χ1) is 15.1. The van der Waals surface area contributed by atoms with Crippen molar-refractivity contribution in [1.29, 1.82) is 0 Å². The van der Waals surface area contributed by atoms with Gasteiger partial charge in [0.1, 0.15) is 23.0 Å².